The monoisotopic (exact) mass is 327 g/mol. The molecular formula is C16H25NO4S. The van der Waals surface area contributed by atoms with E-state index in [9.17, 15) is 13.2 Å². The molecule has 0 atom stereocenters. The lowest BCUT2D eigenvalue weighted by atomic mass is 10.2. The van der Waals surface area contributed by atoms with Crippen molar-refractivity contribution in [1.82, 2.24) is 4.90 Å². The van der Waals surface area contributed by atoms with Crippen LogP contribution >= 0.6 is 0 Å². The van der Waals surface area contributed by atoms with Crippen molar-refractivity contribution < 1.29 is 17.9 Å². The number of carbonyl (C=O) groups is 1. The fraction of sp³-hybridized carbons (Fsp3) is 0.562. The normalized spacial score (nSPS) is 11.8. The Bertz CT molecular complexity index is 583. The second-order valence-corrected chi connectivity index (χ2v) is 7.95. The van der Waals surface area contributed by atoms with E-state index >= 15 is 0 Å². The van der Waals surface area contributed by atoms with Crippen LogP contribution in [-0.4, -0.2) is 43.9 Å². The number of rotatable bonds is 6. The number of nitrogens with zero attached hydrogens (tertiary/aromatic N) is 1. The fourth-order valence-electron chi connectivity index (χ4n) is 2.19. The molecular weight excluding hydrogens is 302 g/mol. The molecule has 6 heteroatoms. The zero-order valence-corrected chi connectivity index (χ0v) is 14.7. The van der Waals surface area contributed by atoms with Gasteiger partial charge >= 0.3 is 6.09 Å². The molecule has 0 aromatic heterocycles. The summed E-state index contributed by atoms with van der Waals surface area (Å²) in [5.41, 5.74) is 0.995. The van der Waals surface area contributed by atoms with Gasteiger partial charge in [-0.1, -0.05) is 17.7 Å². The van der Waals surface area contributed by atoms with E-state index < -0.39 is 15.9 Å². The lowest BCUT2D eigenvalue weighted by Crippen LogP contribution is -2.42. The first kappa shape index (κ1) is 18.5. The lowest BCUT2D eigenvalue weighted by molar-refractivity contribution is 0.0837. The zero-order valence-electron chi connectivity index (χ0n) is 13.9. The third-order valence-corrected chi connectivity index (χ3v) is 4.98. The zero-order chi connectivity index (χ0) is 16.9. The Morgan fingerprint density at radius 3 is 2.05 bits per heavy atom. The molecule has 1 rings (SSSR count). The predicted molar refractivity (Wildman–Crippen MR) is 86.7 cm³/mol. The molecule has 22 heavy (non-hydrogen) atoms. The van der Waals surface area contributed by atoms with E-state index in [1.165, 1.54) is 0 Å². The quantitative estimate of drug-likeness (QED) is 0.805. The van der Waals surface area contributed by atoms with Crippen LogP contribution in [0.25, 0.3) is 0 Å². The molecule has 0 aliphatic heterocycles. The highest BCUT2D eigenvalue weighted by molar-refractivity contribution is 7.91. The van der Waals surface area contributed by atoms with Crippen molar-refractivity contribution in [3.8, 4) is 0 Å². The summed E-state index contributed by atoms with van der Waals surface area (Å²) in [6.07, 6.45) is -0.482. The number of benzene rings is 1. The van der Waals surface area contributed by atoms with Crippen LogP contribution in [0.5, 0.6) is 0 Å². The fourth-order valence-corrected chi connectivity index (χ4v) is 3.28. The van der Waals surface area contributed by atoms with Gasteiger partial charge in [-0.2, -0.15) is 0 Å². The maximum atomic E-state index is 12.2. The Balaban J connectivity index is 2.63. The van der Waals surface area contributed by atoms with E-state index in [1.54, 1.807) is 29.2 Å². The van der Waals surface area contributed by atoms with Crippen LogP contribution in [-0.2, 0) is 14.6 Å². The highest BCUT2D eigenvalue weighted by Crippen LogP contribution is 2.13. The second kappa shape index (κ2) is 7.63. The predicted octanol–water partition coefficient (Wildman–Crippen LogP) is 3.02. The molecule has 0 bridgehead atoms. The molecule has 0 saturated carbocycles. The van der Waals surface area contributed by atoms with Crippen molar-refractivity contribution in [3.63, 3.8) is 0 Å². The Labute approximate surface area is 133 Å². The number of carbonyl (C=O) groups excluding carboxylic acids is 1. The third kappa shape index (κ3) is 5.02. The van der Waals surface area contributed by atoms with Gasteiger partial charge in [0.15, 0.2) is 9.84 Å². The van der Waals surface area contributed by atoms with Crippen LogP contribution < -0.4 is 0 Å². The summed E-state index contributed by atoms with van der Waals surface area (Å²) in [6.45, 7) is 9.32. The van der Waals surface area contributed by atoms with E-state index in [4.69, 9.17) is 4.74 Å². The van der Waals surface area contributed by atoms with Crippen molar-refractivity contribution in [2.24, 2.45) is 0 Å². The van der Waals surface area contributed by atoms with Gasteiger partial charge in [-0.3, -0.25) is 0 Å². The molecule has 0 heterocycles. The van der Waals surface area contributed by atoms with Gasteiger partial charge in [0.1, 0.15) is 6.61 Å². The minimum Gasteiger partial charge on any atom is -0.448 e. The molecule has 0 saturated heterocycles. The van der Waals surface area contributed by atoms with Gasteiger partial charge in [-0.15, -0.1) is 0 Å². The molecule has 1 aromatic rings. The summed E-state index contributed by atoms with van der Waals surface area (Å²) in [7, 11) is -3.43. The first-order valence-corrected chi connectivity index (χ1v) is 9.05. The lowest BCUT2D eigenvalue weighted by Gasteiger charge is -2.29. The minimum atomic E-state index is -3.43. The average molecular weight is 327 g/mol. The van der Waals surface area contributed by atoms with E-state index in [0.717, 1.165) is 5.56 Å². The summed E-state index contributed by atoms with van der Waals surface area (Å²) < 4.78 is 29.4. The van der Waals surface area contributed by atoms with Crippen LogP contribution in [0.15, 0.2) is 29.2 Å². The Kier molecular flexibility index (Phi) is 6.41. The Morgan fingerprint density at radius 1 is 1.09 bits per heavy atom. The molecule has 5 nitrogen and oxygen atoms in total. The van der Waals surface area contributed by atoms with Crippen molar-refractivity contribution in [2.45, 2.75) is 51.6 Å². The van der Waals surface area contributed by atoms with Crippen molar-refractivity contribution in [2.75, 3.05) is 12.4 Å². The summed E-state index contributed by atoms with van der Waals surface area (Å²) in [6, 6.07) is 6.64. The highest BCUT2D eigenvalue weighted by Gasteiger charge is 2.22. The average Bonchev–Trinajstić information content (AvgIpc) is 2.37. The first-order valence-electron chi connectivity index (χ1n) is 7.39. The van der Waals surface area contributed by atoms with Crippen LogP contribution in [0.3, 0.4) is 0 Å². The van der Waals surface area contributed by atoms with Crippen LogP contribution in [0, 0.1) is 6.92 Å². The SMILES string of the molecule is Cc1ccc(S(=O)(=O)CCOC(=O)N(C(C)C)C(C)C)cc1. The van der Waals surface area contributed by atoms with E-state index in [1.807, 2.05) is 34.6 Å². The third-order valence-electron chi connectivity index (χ3n) is 3.28. The summed E-state index contributed by atoms with van der Waals surface area (Å²) in [5, 5.41) is 0. The number of aryl methyl sites for hydroxylation is 1. The largest absolute Gasteiger partial charge is 0.448 e. The van der Waals surface area contributed by atoms with Gasteiger partial charge in [0.05, 0.1) is 10.6 Å². The smallest absolute Gasteiger partial charge is 0.410 e. The van der Waals surface area contributed by atoms with Crippen molar-refractivity contribution in [3.05, 3.63) is 29.8 Å². The molecule has 0 fully saturated rings. The van der Waals surface area contributed by atoms with E-state index in [-0.39, 0.29) is 29.3 Å². The highest BCUT2D eigenvalue weighted by atomic mass is 32.2. The Hall–Kier alpha value is -1.56. The van der Waals surface area contributed by atoms with Gasteiger partial charge in [-0.05, 0) is 46.8 Å². The number of amides is 1. The summed E-state index contributed by atoms with van der Waals surface area (Å²) in [4.78, 5) is 13.8. The minimum absolute atomic E-state index is 0.00112. The number of hydrogen-bond acceptors (Lipinski definition) is 4. The molecule has 1 aromatic carbocycles. The van der Waals surface area contributed by atoms with Gasteiger partial charge in [-0.25, -0.2) is 13.2 Å². The summed E-state index contributed by atoms with van der Waals surface area (Å²) >= 11 is 0. The molecule has 124 valence electrons. The van der Waals surface area contributed by atoms with Crippen molar-refractivity contribution in [1.29, 1.82) is 0 Å². The van der Waals surface area contributed by atoms with E-state index in [2.05, 4.69) is 0 Å². The number of ether oxygens (including phenoxy) is 1. The van der Waals surface area contributed by atoms with Gasteiger partial charge in [0.2, 0.25) is 0 Å². The molecule has 1 amide bonds. The standard InChI is InChI=1S/C16H25NO4S/c1-12(2)17(13(3)4)16(18)21-10-11-22(19,20)15-8-6-14(5)7-9-15/h6-9,12-13H,10-11H2,1-5H3. The second-order valence-electron chi connectivity index (χ2n) is 5.84. The maximum absolute atomic E-state index is 12.2. The van der Waals surface area contributed by atoms with Gasteiger partial charge in [0.25, 0.3) is 0 Å². The molecule has 0 aliphatic carbocycles. The molecule has 0 radical (unpaired) electrons. The maximum Gasteiger partial charge on any atom is 0.410 e. The van der Waals surface area contributed by atoms with Crippen LogP contribution in [0.1, 0.15) is 33.3 Å². The van der Waals surface area contributed by atoms with Crippen molar-refractivity contribution >= 4 is 15.9 Å². The van der Waals surface area contributed by atoms with Crippen LogP contribution in [0.4, 0.5) is 4.79 Å². The van der Waals surface area contributed by atoms with E-state index in [0.29, 0.717) is 0 Å². The van der Waals surface area contributed by atoms with Crippen LogP contribution in [0.2, 0.25) is 0 Å². The summed E-state index contributed by atoms with van der Waals surface area (Å²) in [5.74, 6) is -0.216. The first-order chi connectivity index (χ1) is 10.1. The molecule has 0 spiro atoms. The number of hydrogen-bond donors (Lipinski definition) is 0. The topological polar surface area (TPSA) is 63.7 Å². The Morgan fingerprint density at radius 2 is 1.59 bits per heavy atom. The molecule has 0 aliphatic rings. The molecule has 0 N–H and O–H groups in total. The molecule has 0 unspecified atom stereocenters. The van der Waals surface area contributed by atoms with Gasteiger partial charge < -0.3 is 9.64 Å². The van der Waals surface area contributed by atoms with Gasteiger partial charge in [0, 0.05) is 12.1 Å². The number of sulfone groups is 1.